The van der Waals surface area contributed by atoms with Gasteiger partial charge in [-0.05, 0) is 31.5 Å². The lowest BCUT2D eigenvalue weighted by atomic mass is 10.2. The Morgan fingerprint density at radius 1 is 1.28 bits per heavy atom. The van der Waals surface area contributed by atoms with E-state index < -0.39 is 0 Å². The maximum absolute atomic E-state index is 6.22. The molecule has 0 amide bonds. The van der Waals surface area contributed by atoms with Crippen LogP contribution >= 0.6 is 11.6 Å². The Hall–Kier alpha value is -0.990. The average molecular weight is 265 g/mol. The van der Waals surface area contributed by atoms with Crippen LogP contribution in [0.3, 0.4) is 0 Å². The summed E-state index contributed by atoms with van der Waals surface area (Å²) in [5.41, 5.74) is 1.23. The Balaban J connectivity index is 1.92. The molecule has 18 heavy (non-hydrogen) atoms. The predicted octanol–water partition coefficient (Wildman–Crippen LogP) is 3.93. The number of fused-ring (bicyclic) bond motifs is 1. The first kappa shape index (κ1) is 13.4. The molecule has 0 atom stereocenters. The Morgan fingerprint density at radius 3 is 2.83 bits per heavy atom. The molecule has 0 aliphatic carbocycles. The molecule has 0 radical (unpaired) electrons. The van der Waals surface area contributed by atoms with Crippen LogP contribution in [0.1, 0.15) is 20.3 Å². The summed E-state index contributed by atoms with van der Waals surface area (Å²) in [5, 5.41) is 5.46. The average Bonchev–Trinajstić information content (AvgIpc) is 2.66. The molecule has 3 heteroatoms. The third-order valence-electron chi connectivity index (χ3n) is 3.05. The molecule has 2 nitrogen and oxygen atoms in total. The summed E-state index contributed by atoms with van der Waals surface area (Å²) in [4.78, 5) is 0. The van der Waals surface area contributed by atoms with E-state index in [4.69, 9.17) is 11.6 Å². The molecule has 1 aromatic heterocycles. The molecule has 0 unspecified atom stereocenters. The summed E-state index contributed by atoms with van der Waals surface area (Å²) in [7, 11) is 0. The molecule has 0 fully saturated rings. The van der Waals surface area contributed by atoms with Crippen molar-refractivity contribution in [3.8, 4) is 0 Å². The topological polar surface area (TPSA) is 17.0 Å². The molecule has 0 saturated heterocycles. The Bertz CT molecular complexity index is 502. The first-order valence-corrected chi connectivity index (χ1v) is 7.00. The summed E-state index contributed by atoms with van der Waals surface area (Å²) < 4.78 is 2.24. The molecular formula is C15H21ClN2. The van der Waals surface area contributed by atoms with E-state index >= 15 is 0 Å². The quantitative estimate of drug-likeness (QED) is 0.783. The Kier molecular flexibility index (Phi) is 4.67. The first-order valence-electron chi connectivity index (χ1n) is 6.62. The molecule has 0 aliphatic rings. The zero-order valence-corrected chi connectivity index (χ0v) is 11.9. The lowest BCUT2D eigenvalue weighted by Gasteiger charge is -2.08. The summed E-state index contributed by atoms with van der Waals surface area (Å²) in [6.45, 7) is 7.62. The molecule has 1 N–H and O–H groups in total. The van der Waals surface area contributed by atoms with E-state index in [0.29, 0.717) is 5.92 Å². The molecule has 1 heterocycles. The summed E-state index contributed by atoms with van der Waals surface area (Å²) >= 11 is 6.22. The number of aryl methyl sites for hydroxylation is 1. The van der Waals surface area contributed by atoms with Crippen LogP contribution in [0, 0.1) is 5.92 Å². The molecule has 0 spiro atoms. The highest BCUT2D eigenvalue weighted by atomic mass is 35.5. The fourth-order valence-corrected chi connectivity index (χ4v) is 2.43. The minimum atomic E-state index is 0.715. The first-order chi connectivity index (χ1) is 8.68. The van der Waals surface area contributed by atoms with E-state index in [1.54, 1.807) is 0 Å². The minimum Gasteiger partial charge on any atom is -0.346 e. The van der Waals surface area contributed by atoms with Crippen LogP contribution < -0.4 is 5.32 Å². The maximum atomic E-state index is 6.22. The second-order valence-electron chi connectivity index (χ2n) is 5.14. The SMILES string of the molecule is CC(C)CNCCCn1cc(Cl)c2ccccc21. The standard InChI is InChI=1S/C15H21ClN2/c1-12(2)10-17-8-5-9-18-11-14(16)13-6-3-4-7-15(13)18/h3-4,6-7,11-12,17H,5,8-10H2,1-2H3. The van der Waals surface area contributed by atoms with Gasteiger partial charge in [0.2, 0.25) is 0 Å². The third kappa shape index (κ3) is 3.27. The summed E-state index contributed by atoms with van der Waals surface area (Å²) in [6.07, 6.45) is 3.16. The Morgan fingerprint density at radius 2 is 2.06 bits per heavy atom. The van der Waals surface area contributed by atoms with Gasteiger partial charge in [-0.15, -0.1) is 0 Å². The number of rotatable bonds is 6. The number of nitrogens with one attached hydrogen (secondary N) is 1. The lowest BCUT2D eigenvalue weighted by molar-refractivity contribution is 0.525. The number of aromatic nitrogens is 1. The fourth-order valence-electron chi connectivity index (χ4n) is 2.15. The van der Waals surface area contributed by atoms with Crippen molar-refractivity contribution >= 4 is 22.5 Å². The molecule has 0 saturated carbocycles. The smallest absolute Gasteiger partial charge is 0.0661 e. The number of hydrogen-bond acceptors (Lipinski definition) is 1. The van der Waals surface area contributed by atoms with Crippen molar-refractivity contribution < 1.29 is 0 Å². The predicted molar refractivity (Wildman–Crippen MR) is 79.3 cm³/mol. The molecule has 98 valence electrons. The van der Waals surface area contributed by atoms with E-state index in [9.17, 15) is 0 Å². The van der Waals surface area contributed by atoms with Crippen LogP contribution in [0.2, 0.25) is 5.02 Å². The van der Waals surface area contributed by atoms with E-state index in [1.165, 1.54) is 5.52 Å². The van der Waals surface area contributed by atoms with Gasteiger partial charge in [0.05, 0.1) is 5.02 Å². The van der Waals surface area contributed by atoms with Gasteiger partial charge in [-0.25, -0.2) is 0 Å². The van der Waals surface area contributed by atoms with Gasteiger partial charge in [0, 0.05) is 23.6 Å². The molecular weight excluding hydrogens is 244 g/mol. The monoisotopic (exact) mass is 264 g/mol. The zero-order valence-electron chi connectivity index (χ0n) is 11.1. The number of para-hydroxylation sites is 1. The van der Waals surface area contributed by atoms with Gasteiger partial charge < -0.3 is 9.88 Å². The third-order valence-corrected chi connectivity index (χ3v) is 3.35. The number of nitrogens with zero attached hydrogens (tertiary/aromatic N) is 1. The normalized spacial score (nSPS) is 11.6. The Labute approximate surface area is 114 Å². The number of hydrogen-bond donors (Lipinski definition) is 1. The van der Waals surface area contributed by atoms with Gasteiger partial charge in [-0.3, -0.25) is 0 Å². The van der Waals surface area contributed by atoms with Crippen LogP contribution in [-0.4, -0.2) is 17.7 Å². The van der Waals surface area contributed by atoms with Crippen molar-refractivity contribution in [2.45, 2.75) is 26.8 Å². The van der Waals surface area contributed by atoms with Crippen molar-refractivity contribution in [3.05, 3.63) is 35.5 Å². The van der Waals surface area contributed by atoms with Crippen molar-refractivity contribution in [2.24, 2.45) is 5.92 Å². The van der Waals surface area contributed by atoms with Crippen molar-refractivity contribution in [3.63, 3.8) is 0 Å². The van der Waals surface area contributed by atoms with Crippen LogP contribution in [-0.2, 0) is 6.54 Å². The largest absolute Gasteiger partial charge is 0.346 e. The van der Waals surface area contributed by atoms with Crippen molar-refractivity contribution in [1.82, 2.24) is 9.88 Å². The zero-order chi connectivity index (χ0) is 13.0. The second kappa shape index (κ2) is 6.26. The van der Waals surface area contributed by atoms with Crippen molar-refractivity contribution in [2.75, 3.05) is 13.1 Å². The van der Waals surface area contributed by atoms with Crippen LogP contribution in [0.4, 0.5) is 0 Å². The van der Waals surface area contributed by atoms with E-state index in [1.807, 2.05) is 12.3 Å². The van der Waals surface area contributed by atoms with Gasteiger partial charge in [0.25, 0.3) is 0 Å². The molecule has 2 rings (SSSR count). The van der Waals surface area contributed by atoms with Crippen LogP contribution in [0.5, 0.6) is 0 Å². The van der Waals surface area contributed by atoms with Gasteiger partial charge in [0.1, 0.15) is 0 Å². The van der Waals surface area contributed by atoms with Gasteiger partial charge >= 0.3 is 0 Å². The highest BCUT2D eigenvalue weighted by Gasteiger charge is 2.05. The molecule has 2 aromatic rings. The second-order valence-corrected chi connectivity index (χ2v) is 5.55. The van der Waals surface area contributed by atoms with Crippen LogP contribution in [0.15, 0.2) is 30.5 Å². The molecule has 0 aliphatic heterocycles. The number of halogens is 1. The number of benzene rings is 1. The van der Waals surface area contributed by atoms with Gasteiger partial charge in [-0.1, -0.05) is 43.6 Å². The highest BCUT2D eigenvalue weighted by molar-refractivity contribution is 6.35. The molecule has 1 aromatic carbocycles. The maximum Gasteiger partial charge on any atom is 0.0661 e. The fraction of sp³-hybridized carbons (Fsp3) is 0.467. The molecule has 0 bridgehead atoms. The summed E-state index contributed by atoms with van der Waals surface area (Å²) in [5.74, 6) is 0.715. The highest BCUT2D eigenvalue weighted by Crippen LogP contribution is 2.25. The van der Waals surface area contributed by atoms with Gasteiger partial charge in [0.15, 0.2) is 0 Å². The van der Waals surface area contributed by atoms with E-state index in [-0.39, 0.29) is 0 Å². The lowest BCUT2D eigenvalue weighted by Crippen LogP contribution is -2.21. The van der Waals surface area contributed by atoms with Gasteiger partial charge in [-0.2, -0.15) is 0 Å². The summed E-state index contributed by atoms with van der Waals surface area (Å²) in [6, 6.07) is 8.29. The van der Waals surface area contributed by atoms with E-state index in [0.717, 1.165) is 36.5 Å². The van der Waals surface area contributed by atoms with Crippen molar-refractivity contribution in [1.29, 1.82) is 0 Å². The van der Waals surface area contributed by atoms with Crippen LogP contribution in [0.25, 0.3) is 10.9 Å². The minimum absolute atomic E-state index is 0.715. The van der Waals surface area contributed by atoms with E-state index in [2.05, 4.69) is 41.9 Å².